The van der Waals surface area contributed by atoms with Crippen molar-refractivity contribution < 1.29 is 4.74 Å². The summed E-state index contributed by atoms with van der Waals surface area (Å²) in [6.45, 7) is 7.70. The average Bonchev–Trinajstić information content (AvgIpc) is 3.18. The van der Waals surface area contributed by atoms with Gasteiger partial charge in [-0.15, -0.1) is 0 Å². The van der Waals surface area contributed by atoms with Crippen LogP contribution in [0.4, 0.5) is 5.69 Å². The first-order chi connectivity index (χ1) is 10.3. The maximum absolute atomic E-state index is 5.35. The molecule has 3 heterocycles. The van der Waals surface area contributed by atoms with E-state index in [0.29, 0.717) is 0 Å². The summed E-state index contributed by atoms with van der Waals surface area (Å²) in [4.78, 5) is 9.77. The van der Waals surface area contributed by atoms with E-state index in [4.69, 9.17) is 4.74 Å². The number of nitrogens with zero attached hydrogens (tertiary/aromatic N) is 4. The molecule has 2 N–H and O–H groups in total. The van der Waals surface area contributed by atoms with Crippen LogP contribution in [-0.4, -0.2) is 57.5 Å². The molecule has 0 amide bonds. The van der Waals surface area contributed by atoms with Crippen molar-refractivity contribution in [2.24, 2.45) is 0 Å². The van der Waals surface area contributed by atoms with E-state index in [1.807, 2.05) is 23.3 Å². The number of rotatable bonds is 6. The molecule has 21 heavy (non-hydrogen) atoms. The quantitative estimate of drug-likeness (QED) is 0.834. The number of H-pyrrole nitrogens is 1. The first kappa shape index (κ1) is 14.1. The molecular weight excluding hydrogens is 268 g/mol. The first-order valence-electron chi connectivity index (χ1n) is 7.39. The SMILES string of the molecule is CC(Nc1cnn(CCN2CCOCC2)c1)c1ncc[nH]1. The number of nitrogens with one attached hydrogen (secondary N) is 2. The molecule has 1 unspecified atom stereocenters. The second kappa shape index (κ2) is 6.73. The van der Waals surface area contributed by atoms with Crippen molar-refractivity contribution >= 4 is 5.69 Å². The smallest absolute Gasteiger partial charge is 0.128 e. The van der Waals surface area contributed by atoms with E-state index < -0.39 is 0 Å². The van der Waals surface area contributed by atoms with Crippen LogP contribution in [0.1, 0.15) is 18.8 Å². The highest BCUT2D eigenvalue weighted by molar-refractivity contribution is 5.39. The van der Waals surface area contributed by atoms with E-state index in [0.717, 1.165) is 50.9 Å². The van der Waals surface area contributed by atoms with Crippen molar-refractivity contribution in [2.45, 2.75) is 19.5 Å². The van der Waals surface area contributed by atoms with Crippen LogP contribution in [-0.2, 0) is 11.3 Å². The van der Waals surface area contributed by atoms with Gasteiger partial charge in [0, 0.05) is 38.2 Å². The minimum Gasteiger partial charge on any atom is -0.379 e. The van der Waals surface area contributed by atoms with Crippen LogP contribution in [0.15, 0.2) is 24.8 Å². The molecule has 0 bridgehead atoms. The van der Waals surface area contributed by atoms with Crippen molar-refractivity contribution in [3.05, 3.63) is 30.6 Å². The Morgan fingerprint density at radius 2 is 2.24 bits per heavy atom. The summed E-state index contributed by atoms with van der Waals surface area (Å²) < 4.78 is 7.33. The second-order valence-corrected chi connectivity index (χ2v) is 5.29. The summed E-state index contributed by atoms with van der Waals surface area (Å²) in [5, 5.41) is 7.79. The van der Waals surface area contributed by atoms with Gasteiger partial charge in [-0.25, -0.2) is 4.98 Å². The van der Waals surface area contributed by atoms with Crippen LogP contribution in [0.25, 0.3) is 0 Å². The molecule has 3 rings (SSSR count). The van der Waals surface area contributed by atoms with Crippen LogP contribution < -0.4 is 5.32 Å². The fraction of sp³-hybridized carbons (Fsp3) is 0.571. The summed E-state index contributed by atoms with van der Waals surface area (Å²) in [5.74, 6) is 0.927. The molecule has 2 aromatic heterocycles. The number of morpholine rings is 1. The van der Waals surface area contributed by atoms with Gasteiger partial charge in [-0.1, -0.05) is 0 Å². The third-order valence-corrected chi connectivity index (χ3v) is 3.69. The van der Waals surface area contributed by atoms with Crippen molar-refractivity contribution in [2.75, 3.05) is 38.2 Å². The molecule has 114 valence electrons. The number of ether oxygens (including phenoxy) is 1. The van der Waals surface area contributed by atoms with Gasteiger partial charge in [0.15, 0.2) is 0 Å². The third-order valence-electron chi connectivity index (χ3n) is 3.69. The summed E-state index contributed by atoms with van der Waals surface area (Å²) in [6, 6.07) is 0.136. The van der Waals surface area contributed by atoms with Gasteiger partial charge in [0.25, 0.3) is 0 Å². The number of hydrogen-bond donors (Lipinski definition) is 2. The van der Waals surface area contributed by atoms with Crippen molar-refractivity contribution in [3.63, 3.8) is 0 Å². The molecule has 7 nitrogen and oxygen atoms in total. The Morgan fingerprint density at radius 3 is 3.00 bits per heavy atom. The molecule has 0 aliphatic carbocycles. The Kier molecular flexibility index (Phi) is 4.52. The highest BCUT2D eigenvalue weighted by Gasteiger charge is 2.11. The maximum Gasteiger partial charge on any atom is 0.128 e. The summed E-state index contributed by atoms with van der Waals surface area (Å²) in [5.41, 5.74) is 1.01. The van der Waals surface area contributed by atoms with Gasteiger partial charge in [0.05, 0.1) is 37.7 Å². The zero-order valence-electron chi connectivity index (χ0n) is 12.3. The Hall–Kier alpha value is -1.86. The highest BCUT2D eigenvalue weighted by Crippen LogP contribution is 2.15. The lowest BCUT2D eigenvalue weighted by molar-refractivity contribution is 0.0360. The van der Waals surface area contributed by atoms with Gasteiger partial charge in [0.2, 0.25) is 0 Å². The molecule has 0 saturated carbocycles. The summed E-state index contributed by atoms with van der Waals surface area (Å²) in [6.07, 6.45) is 7.50. The van der Waals surface area contributed by atoms with E-state index in [9.17, 15) is 0 Å². The molecule has 0 radical (unpaired) electrons. The maximum atomic E-state index is 5.35. The number of imidazole rings is 1. The van der Waals surface area contributed by atoms with E-state index in [2.05, 4.69) is 32.2 Å². The molecular formula is C14H22N6O. The molecule has 2 aromatic rings. The predicted molar refractivity (Wildman–Crippen MR) is 80.1 cm³/mol. The topological polar surface area (TPSA) is 71.0 Å². The standard InChI is InChI=1S/C14H22N6O/c1-12(14-15-2-3-16-14)18-13-10-17-20(11-13)5-4-19-6-8-21-9-7-19/h2-3,10-12,18H,4-9H2,1H3,(H,15,16). The largest absolute Gasteiger partial charge is 0.379 e. The van der Waals surface area contributed by atoms with Gasteiger partial charge in [-0.2, -0.15) is 5.10 Å². The van der Waals surface area contributed by atoms with Gasteiger partial charge in [-0.3, -0.25) is 9.58 Å². The monoisotopic (exact) mass is 290 g/mol. The number of hydrogen-bond acceptors (Lipinski definition) is 5. The number of aromatic amines is 1. The zero-order chi connectivity index (χ0) is 14.5. The Bertz CT molecular complexity index is 531. The normalized spacial score (nSPS) is 17.8. The van der Waals surface area contributed by atoms with Crippen molar-refractivity contribution in [1.29, 1.82) is 0 Å². The van der Waals surface area contributed by atoms with E-state index in [1.165, 1.54) is 0 Å². The zero-order valence-corrected chi connectivity index (χ0v) is 12.3. The highest BCUT2D eigenvalue weighted by atomic mass is 16.5. The lowest BCUT2D eigenvalue weighted by Crippen LogP contribution is -2.38. The van der Waals surface area contributed by atoms with Crippen LogP contribution in [0.5, 0.6) is 0 Å². The van der Waals surface area contributed by atoms with Gasteiger partial charge < -0.3 is 15.0 Å². The predicted octanol–water partition coefficient (Wildman–Crippen LogP) is 1.11. The molecule has 1 fully saturated rings. The van der Waals surface area contributed by atoms with Crippen molar-refractivity contribution in [1.82, 2.24) is 24.6 Å². The second-order valence-electron chi connectivity index (χ2n) is 5.29. The third kappa shape index (κ3) is 3.83. The number of aromatic nitrogens is 4. The van der Waals surface area contributed by atoms with Crippen LogP contribution in [0.2, 0.25) is 0 Å². The van der Waals surface area contributed by atoms with E-state index in [-0.39, 0.29) is 6.04 Å². The minimum absolute atomic E-state index is 0.136. The Balaban J connectivity index is 1.49. The van der Waals surface area contributed by atoms with E-state index in [1.54, 1.807) is 6.20 Å². The van der Waals surface area contributed by atoms with E-state index >= 15 is 0 Å². The van der Waals surface area contributed by atoms with Crippen molar-refractivity contribution in [3.8, 4) is 0 Å². The first-order valence-corrected chi connectivity index (χ1v) is 7.39. The molecule has 7 heteroatoms. The summed E-state index contributed by atoms with van der Waals surface area (Å²) >= 11 is 0. The minimum atomic E-state index is 0.136. The fourth-order valence-electron chi connectivity index (χ4n) is 2.46. The van der Waals surface area contributed by atoms with Gasteiger partial charge in [-0.05, 0) is 6.92 Å². The van der Waals surface area contributed by atoms with Gasteiger partial charge in [0.1, 0.15) is 5.82 Å². The molecule has 1 atom stereocenters. The van der Waals surface area contributed by atoms with Crippen LogP contribution in [0.3, 0.4) is 0 Å². The lowest BCUT2D eigenvalue weighted by atomic mass is 10.3. The average molecular weight is 290 g/mol. The lowest BCUT2D eigenvalue weighted by Gasteiger charge is -2.26. The van der Waals surface area contributed by atoms with Gasteiger partial charge >= 0.3 is 0 Å². The molecule has 1 aliphatic rings. The molecule has 1 aliphatic heterocycles. The fourth-order valence-corrected chi connectivity index (χ4v) is 2.46. The van der Waals surface area contributed by atoms with Crippen LogP contribution >= 0.6 is 0 Å². The molecule has 0 aromatic carbocycles. The number of anilines is 1. The van der Waals surface area contributed by atoms with Crippen LogP contribution in [0, 0.1) is 0 Å². The Labute approximate surface area is 124 Å². The molecule has 0 spiro atoms. The molecule has 1 saturated heterocycles. The Morgan fingerprint density at radius 1 is 1.38 bits per heavy atom. The summed E-state index contributed by atoms with van der Waals surface area (Å²) in [7, 11) is 0.